The monoisotopic (exact) mass is 1950 g/mol. The molecule has 5 aromatic heterocycles. The third-order valence-corrected chi connectivity index (χ3v) is 26.0. The van der Waals surface area contributed by atoms with Gasteiger partial charge in [-0.25, -0.2) is 48.7 Å². The van der Waals surface area contributed by atoms with E-state index < -0.39 is 0 Å². The SMILES string of the molecule is C1=C/COCc2cc(ccc2OCCN2CCCC2)Nc2nccc(n2)-c2ccc(s2)COC/1.COc1ccc2cc1OCC/C=C/COCc1cc(ccc1N1CCN(C)CC1)Nc1nccc-2n1.Fc1ccc2cc1COC/C=C/COCc1cc(ccc1OCCN1CCCC1)Nc1nccc-2n1.Fc1ccc2cc1COC/C=C\COCc1cc(ccc1OCCN1CCCC1)Nc1nccc-2n1. The van der Waals surface area contributed by atoms with Gasteiger partial charge in [0.05, 0.1) is 134 Å². The summed E-state index contributed by atoms with van der Waals surface area (Å²) in [5.41, 5.74) is 15.4. The first-order valence-electron chi connectivity index (χ1n) is 49.0. The van der Waals surface area contributed by atoms with E-state index in [0.29, 0.717) is 164 Å². The molecule has 4 N–H and O–H groups in total. The van der Waals surface area contributed by atoms with Gasteiger partial charge in [0.1, 0.15) is 48.7 Å². The van der Waals surface area contributed by atoms with Gasteiger partial charge in [0.2, 0.25) is 23.8 Å². The summed E-state index contributed by atoms with van der Waals surface area (Å²) >= 11 is 1.69. The number of hydrogen-bond acceptors (Lipinski definition) is 30. The van der Waals surface area contributed by atoms with Crippen LogP contribution in [0.3, 0.4) is 0 Å². The Morgan fingerprint density at radius 2 is 0.704 bits per heavy atom. The van der Waals surface area contributed by atoms with Crippen LogP contribution in [-0.4, -0.2) is 231 Å². The molecule has 0 spiro atoms. The minimum atomic E-state index is -0.303. The van der Waals surface area contributed by atoms with E-state index in [1.165, 1.54) is 74.3 Å². The number of fused-ring (bicyclic) bond motifs is 28. The molecule has 4 fully saturated rings. The summed E-state index contributed by atoms with van der Waals surface area (Å²) in [5.74, 6) is 5.26. The number of piperazine rings is 1. The van der Waals surface area contributed by atoms with Gasteiger partial charge in [-0.2, -0.15) is 0 Å². The van der Waals surface area contributed by atoms with Gasteiger partial charge >= 0.3 is 0 Å². The van der Waals surface area contributed by atoms with Crippen LogP contribution in [0.5, 0.6) is 28.7 Å². The number of likely N-dealkylation sites (tertiary alicyclic amines) is 3. The van der Waals surface area contributed by atoms with Crippen molar-refractivity contribution in [1.29, 1.82) is 0 Å². The first kappa shape index (κ1) is 100. The van der Waals surface area contributed by atoms with Crippen molar-refractivity contribution in [3.05, 3.63) is 287 Å². The maximum absolute atomic E-state index is 14.3. The van der Waals surface area contributed by atoms with Crippen molar-refractivity contribution in [2.75, 3.05) is 198 Å². The summed E-state index contributed by atoms with van der Waals surface area (Å²) < 4.78 is 99.3. The summed E-state index contributed by atoms with van der Waals surface area (Å²) in [6.07, 6.45) is 31.1. The van der Waals surface area contributed by atoms with Crippen molar-refractivity contribution in [3.63, 3.8) is 0 Å². The topological polar surface area (TPSA) is 278 Å². The van der Waals surface area contributed by atoms with Gasteiger partial charge in [-0.1, -0.05) is 48.6 Å². The van der Waals surface area contributed by atoms with Crippen molar-refractivity contribution in [2.24, 2.45) is 0 Å². The molecule has 13 heterocycles. The molecule has 24 bridgehead atoms. The number of thiophene rings is 1. The molecule has 0 amide bonds. The van der Waals surface area contributed by atoms with E-state index in [-0.39, 0.29) is 24.8 Å². The highest BCUT2D eigenvalue weighted by molar-refractivity contribution is 7.15. The molecule has 0 saturated carbocycles. The zero-order valence-corrected chi connectivity index (χ0v) is 81.6. The van der Waals surface area contributed by atoms with E-state index in [1.54, 1.807) is 79.6 Å². The highest BCUT2D eigenvalue weighted by Crippen LogP contribution is 2.38. The Bertz CT molecular complexity index is 6000. The van der Waals surface area contributed by atoms with Gasteiger partial charge in [-0.15, -0.1) is 11.3 Å². The molecule has 8 aliphatic rings. The van der Waals surface area contributed by atoms with E-state index in [1.807, 2.05) is 115 Å². The number of nitrogens with one attached hydrogen (secondary N) is 4. The fourth-order valence-electron chi connectivity index (χ4n) is 17.3. The second kappa shape index (κ2) is 53.2. The van der Waals surface area contributed by atoms with Crippen LogP contribution in [0.4, 0.5) is 61.0 Å². The van der Waals surface area contributed by atoms with Crippen LogP contribution in [0.1, 0.15) is 83.2 Å². The van der Waals surface area contributed by atoms with Crippen LogP contribution in [0.2, 0.25) is 0 Å². The van der Waals surface area contributed by atoms with Crippen molar-refractivity contribution in [2.45, 2.75) is 91.2 Å². The Balaban J connectivity index is 0.000000130. The maximum atomic E-state index is 14.3. The van der Waals surface area contributed by atoms with Gasteiger partial charge in [0, 0.05) is 154 Å². The number of rotatable bonds is 14. The number of halogens is 2. The van der Waals surface area contributed by atoms with Crippen LogP contribution < -0.4 is 49.9 Å². The number of aromatic nitrogens is 8. The molecule has 0 aliphatic carbocycles. The molecule has 0 unspecified atom stereocenters. The van der Waals surface area contributed by atoms with Crippen LogP contribution in [0, 0.1) is 11.6 Å². The molecule has 7 aromatic carbocycles. The minimum absolute atomic E-state index is 0.170. The van der Waals surface area contributed by atoms with Gasteiger partial charge in [0.15, 0.2) is 11.5 Å². The Morgan fingerprint density at radius 3 is 1.13 bits per heavy atom. The predicted molar refractivity (Wildman–Crippen MR) is 551 cm³/mol. The van der Waals surface area contributed by atoms with E-state index in [0.717, 1.165) is 174 Å². The molecular weight excluding hydrogens is 1820 g/mol. The van der Waals surface area contributed by atoms with Crippen molar-refractivity contribution in [1.82, 2.24) is 59.5 Å². The molecule has 29 nitrogen and oxygen atoms in total. The fourth-order valence-corrected chi connectivity index (χ4v) is 18.2. The number of ether oxygens (including phenoxy) is 12. The second-order valence-electron chi connectivity index (χ2n) is 35.2. The molecule has 742 valence electrons. The standard InChI is InChI=1S/2C28H31FN4O3.C28H33N5O3.C26H30N4O3S/c2*29-25-7-5-21-17-22(25)19-34-14-3-4-15-35-20-23-18-24(31-28-30-10-9-26(21)32-28)6-8-27(23)36-16-13-33-11-1-2-12-33;1-32-12-14-33(15-13-32)25-8-7-23-18-22(25)20-35-16-4-3-5-17-36-27-19-21(6-9-26(27)34-2)24-10-11-29-28(30-23)31-24;1-2-12-30(11-1)13-16-33-24-7-5-21-17-20(24)18-31-14-3-4-15-32-19-22-6-8-25(34-22)23-9-10-27-26(28-21)29-23/h2*3-10,17-18H,1-2,11-16,19-20H2,(H,30,31,32);3-4,6-11,18-19H,5,12-17,20H2,1-2H3,(H,29,30,31);3-10,17H,1-2,11-16,18-19H2,(H,27,28,29)/b4-3+;4-3-;2*4-3+. The number of anilines is 9. The molecule has 20 rings (SSSR count). The van der Waals surface area contributed by atoms with E-state index in [4.69, 9.17) is 66.8 Å². The zero-order chi connectivity index (χ0) is 96.9. The van der Waals surface area contributed by atoms with Crippen LogP contribution in [0.15, 0.2) is 237 Å². The summed E-state index contributed by atoms with van der Waals surface area (Å²) in [5, 5.41) is 13.3. The molecule has 32 heteroatoms. The van der Waals surface area contributed by atoms with Gasteiger partial charge in [-0.3, -0.25) is 14.7 Å². The molecule has 4 saturated heterocycles. The quantitative estimate of drug-likeness (QED) is 0.0736. The maximum Gasteiger partial charge on any atom is 0.227 e. The first-order valence-corrected chi connectivity index (χ1v) is 49.9. The number of likely N-dealkylation sites (N-methyl/N-ethyl adjacent to an activating group) is 1. The molecule has 8 aliphatic heterocycles. The van der Waals surface area contributed by atoms with Gasteiger partial charge < -0.3 is 87.9 Å². The highest BCUT2D eigenvalue weighted by atomic mass is 32.1. The largest absolute Gasteiger partial charge is 0.493 e. The lowest BCUT2D eigenvalue weighted by Gasteiger charge is -2.35. The fraction of sp³-hybridized carbons (Fsp3) is 0.364. The Morgan fingerprint density at radius 1 is 0.345 bits per heavy atom. The van der Waals surface area contributed by atoms with Crippen molar-refractivity contribution < 1.29 is 65.6 Å². The Kier molecular flexibility index (Phi) is 37.6. The van der Waals surface area contributed by atoms with Crippen molar-refractivity contribution in [3.8, 4) is 73.1 Å². The average molecular weight is 1950 g/mol. The second-order valence-corrected chi connectivity index (χ2v) is 36.4. The summed E-state index contributed by atoms with van der Waals surface area (Å²) in [7, 11) is 3.82. The number of benzene rings is 7. The lowest BCUT2D eigenvalue weighted by Crippen LogP contribution is -2.44. The minimum Gasteiger partial charge on any atom is -0.493 e. The molecular formula is C110H125F2N17O12S. The average Bonchev–Trinajstić information content (AvgIpc) is 0.859. The van der Waals surface area contributed by atoms with Crippen LogP contribution in [0.25, 0.3) is 44.3 Å². The summed E-state index contributed by atoms with van der Waals surface area (Å²) in [6.45, 7) is 22.3. The van der Waals surface area contributed by atoms with Crippen molar-refractivity contribution >= 4 is 63.6 Å². The van der Waals surface area contributed by atoms with E-state index in [2.05, 4.69) is 131 Å². The lowest BCUT2D eigenvalue weighted by atomic mass is 10.1. The predicted octanol–water partition coefficient (Wildman–Crippen LogP) is 19.7. The van der Waals surface area contributed by atoms with Gasteiger partial charge in [0.25, 0.3) is 0 Å². The number of nitrogens with zero attached hydrogens (tertiary/aromatic N) is 13. The number of methoxy groups -OCH3 is 1. The van der Waals surface area contributed by atoms with Crippen LogP contribution in [-0.2, 0) is 79.4 Å². The highest BCUT2D eigenvalue weighted by Gasteiger charge is 2.23. The third-order valence-electron chi connectivity index (χ3n) is 24.9. The molecule has 12 aromatic rings. The summed E-state index contributed by atoms with van der Waals surface area (Å²) in [4.78, 5) is 50.8. The first-order chi connectivity index (χ1) is 70.0. The lowest BCUT2D eigenvalue weighted by molar-refractivity contribution is 0.137. The Hall–Kier alpha value is -13.1. The van der Waals surface area contributed by atoms with Crippen LogP contribution >= 0.6 is 11.3 Å². The third kappa shape index (κ3) is 30.3. The smallest absolute Gasteiger partial charge is 0.227 e. The Labute approximate surface area is 833 Å². The molecule has 0 atom stereocenters. The van der Waals surface area contributed by atoms with E-state index >= 15 is 0 Å². The number of hydrogen-bond donors (Lipinski definition) is 4. The normalized spacial score (nSPS) is 17.7. The molecule has 142 heavy (non-hydrogen) atoms. The van der Waals surface area contributed by atoms with E-state index in [9.17, 15) is 8.78 Å². The molecule has 0 radical (unpaired) electrons. The zero-order valence-electron chi connectivity index (χ0n) is 80.8. The summed E-state index contributed by atoms with van der Waals surface area (Å²) in [6, 6.07) is 51.6. The van der Waals surface area contributed by atoms with Gasteiger partial charge in [-0.05, 0) is 255 Å².